The smallest absolute Gasteiger partial charge is 0.228 e. The van der Waals surface area contributed by atoms with Crippen molar-refractivity contribution in [3.8, 4) is 0 Å². The van der Waals surface area contributed by atoms with Gasteiger partial charge in [0.1, 0.15) is 0 Å². The summed E-state index contributed by atoms with van der Waals surface area (Å²) in [6.07, 6.45) is 6.52. The number of hydrogen-bond donors (Lipinski definition) is 0. The first-order valence-electron chi connectivity index (χ1n) is 12.6. The Balaban J connectivity index is 1.23. The van der Waals surface area contributed by atoms with Gasteiger partial charge in [0.2, 0.25) is 5.91 Å². The fourth-order valence-electron chi connectivity index (χ4n) is 5.50. The van der Waals surface area contributed by atoms with Crippen LogP contribution >= 0.6 is 0 Å². The average Bonchev–Trinajstić information content (AvgIpc) is 3.11. The van der Waals surface area contributed by atoms with Crippen molar-refractivity contribution >= 4 is 16.7 Å². The molecule has 34 heavy (non-hydrogen) atoms. The van der Waals surface area contributed by atoms with Crippen LogP contribution in [0.1, 0.15) is 30.9 Å². The molecule has 1 aromatic heterocycles. The minimum Gasteiger partial charge on any atom is -0.379 e. The summed E-state index contributed by atoms with van der Waals surface area (Å²) in [7, 11) is 0. The summed E-state index contributed by atoms with van der Waals surface area (Å²) < 4.78 is 5.96. The molecular formula is C29H35N3O2. The van der Waals surface area contributed by atoms with E-state index in [0.29, 0.717) is 31.6 Å². The normalized spacial score (nSPS) is 21.3. The topological polar surface area (TPSA) is 45.7 Å². The fraction of sp³-hybridized carbons (Fsp3) is 0.448. The molecule has 0 N–H and O–H groups in total. The van der Waals surface area contributed by atoms with Gasteiger partial charge in [0, 0.05) is 48.7 Å². The maximum Gasteiger partial charge on any atom is 0.228 e. The highest BCUT2D eigenvalue weighted by molar-refractivity contribution is 5.85. The summed E-state index contributed by atoms with van der Waals surface area (Å²) in [5.41, 5.74) is 2.34. The lowest BCUT2D eigenvalue weighted by atomic mass is 9.78. The van der Waals surface area contributed by atoms with Gasteiger partial charge in [-0.05, 0) is 54.9 Å². The maximum atomic E-state index is 13.7. The van der Waals surface area contributed by atoms with E-state index in [1.54, 1.807) is 0 Å². The van der Waals surface area contributed by atoms with E-state index in [1.165, 1.54) is 21.9 Å². The summed E-state index contributed by atoms with van der Waals surface area (Å²) in [6.45, 7) is 7.84. The Morgan fingerprint density at radius 3 is 2.71 bits per heavy atom. The predicted molar refractivity (Wildman–Crippen MR) is 135 cm³/mol. The quantitative estimate of drug-likeness (QED) is 0.564. The molecule has 0 saturated carbocycles. The van der Waals surface area contributed by atoms with E-state index in [2.05, 4.69) is 76.3 Å². The number of pyridine rings is 1. The summed E-state index contributed by atoms with van der Waals surface area (Å²) >= 11 is 0. The van der Waals surface area contributed by atoms with Crippen molar-refractivity contribution in [3.05, 3.63) is 78.1 Å². The van der Waals surface area contributed by atoms with Gasteiger partial charge in [-0.3, -0.25) is 14.7 Å². The zero-order valence-corrected chi connectivity index (χ0v) is 20.2. The van der Waals surface area contributed by atoms with E-state index in [-0.39, 0.29) is 5.41 Å². The summed E-state index contributed by atoms with van der Waals surface area (Å²) in [6, 6.07) is 19.1. The standard InChI is InChI=1S/C29H35N3O2/c1-29(11-14-31(15-12-29)20-23-6-3-2-4-7-23)28(33)32-16-17-34-22-24(21-32)18-26-9-5-8-25-10-13-30-19-27(25)26/h2-10,13,19,24H,11-12,14-18,20-22H2,1H3/t24-/m0/s1. The van der Waals surface area contributed by atoms with E-state index in [1.807, 2.05) is 12.4 Å². The van der Waals surface area contributed by atoms with Crippen LogP contribution in [0.4, 0.5) is 0 Å². The Morgan fingerprint density at radius 2 is 1.88 bits per heavy atom. The molecule has 178 valence electrons. The van der Waals surface area contributed by atoms with E-state index in [0.717, 1.165) is 45.4 Å². The van der Waals surface area contributed by atoms with Gasteiger partial charge >= 0.3 is 0 Å². The molecule has 3 aromatic rings. The number of likely N-dealkylation sites (tertiary alicyclic amines) is 1. The number of fused-ring (bicyclic) bond motifs is 1. The van der Waals surface area contributed by atoms with Crippen molar-refractivity contribution < 1.29 is 9.53 Å². The van der Waals surface area contributed by atoms with E-state index in [9.17, 15) is 4.79 Å². The van der Waals surface area contributed by atoms with Gasteiger partial charge in [-0.1, -0.05) is 55.5 Å². The molecule has 3 heterocycles. The highest BCUT2D eigenvalue weighted by atomic mass is 16.5. The molecule has 2 aliphatic rings. The van der Waals surface area contributed by atoms with Crippen LogP contribution in [0.3, 0.4) is 0 Å². The third-order valence-electron chi connectivity index (χ3n) is 7.63. The number of rotatable bonds is 5. The largest absolute Gasteiger partial charge is 0.379 e. The highest BCUT2D eigenvalue weighted by Gasteiger charge is 2.40. The fourth-order valence-corrected chi connectivity index (χ4v) is 5.50. The summed E-state index contributed by atoms with van der Waals surface area (Å²) in [4.78, 5) is 22.6. The minimum absolute atomic E-state index is 0.286. The molecule has 0 radical (unpaired) electrons. The number of nitrogens with zero attached hydrogens (tertiary/aromatic N) is 3. The monoisotopic (exact) mass is 457 g/mol. The summed E-state index contributed by atoms with van der Waals surface area (Å²) in [5, 5.41) is 2.41. The molecule has 0 unspecified atom stereocenters. The van der Waals surface area contributed by atoms with Crippen molar-refractivity contribution in [3.63, 3.8) is 0 Å². The first-order chi connectivity index (χ1) is 16.6. The van der Waals surface area contributed by atoms with Crippen LogP contribution in [0.5, 0.6) is 0 Å². The minimum atomic E-state index is -0.286. The average molecular weight is 458 g/mol. The van der Waals surface area contributed by atoms with Crippen LogP contribution in [0.2, 0.25) is 0 Å². The van der Waals surface area contributed by atoms with Crippen molar-refractivity contribution in [2.75, 3.05) is 39.4 Å². The molecule has 0 aliphatic carbocycles. The third kappa shape index (κ3) is 5.16. The lowest BCUT2D eigenvalue weighted by molar-refractivity contribution is -0.144. The van der Waals surface area contributed by atoms with Crippen molar-refractivity contribution in [1.82, 2.24) is 14.8 Å². The van der Waals surface area contributed by atoms with Crippen LogP contribution in [0.15, 0.2) is 67.0 Å². The molecule has 5 nitrogen and oxygen atoms in total. The zero-order valence-electron chi connectivity index (χ0n) is 20.2. The first kappa shape index (κ1) is 23.0. The molecular weight excluding hydrogens is 422 g/mol. The third-order valence-corrected chi connectivity index (χ3v) is 7.63. The molecule has 5 heteroatoms. The Bertz CT molecular complexity index is 1100. The van der Waals surface area contributed by atoms with Crippen LogP contribution in [-0.4, -0.2) is 60.1 Å². The molecule has 1 amide bonds. The molecule has 5 rings (SSSR count). The lowest BCUT2D eigenvalue weighted by Crippen LogP contribution is -2.50. The van der Waals surface area contributed by atoms with Crippen LogP contribution in [-0.2, 0) is 22.5 Å². The number of piperidine rings is 1. The van der Waals surface area contributed by atoms with E-state index >= 15 is 0 Å². The van der Waals surface area contributed by atoms with Gasteiger partial charge in [0.25, 0.3) is 0 Å². The van der Waals surface area contributed by atoms with Crippen molar-refractivity contribution in [1.29, 1.82) is 0 Å². The molecule has 0 spiro atoms. The second-order valence-electron chi connectivity index (χ2n) is 10.2. The SMILES string of the molecule is CC1(C(=O)N2CCOC[C@@H](Cc3cccc4ccncc34)C2)CCN(Cc2ccccc2)CC1. The van der Waals surface area contributed by atoms with Crippen LogP contribution in [0.25, 0.3) is 10.8 Å². The lowest BCUT2D eigenvalue weighted by Gasteiger charge is -2.41. The molecule has 2 fully saturated rings. The Kier molecular flexibility index (Phi) is 6.93. The van der Waals surface area contributed by atoms with Crippen LogP contribution < -0.4 is 0 Å². The van der Waals surface area contributed by atoms with Gasteiger partial charge in [-0.25, -0.2) is 0 Å². The van der Waals surface area contributed by atoms with Crippen molar-refractivity contribution in [2.45, 2.75) is 32.7 Å². The molecule has 1 atom stereocenters. The Hall–Kier alpha value is -2.76. The van der Waals surface area contributed by atoms with E-state index in [4.69, 9.17) is 4.74 Å². The number of ether oxygens (including phenoxy) is 1. The number of aromatic nitrogens is 1. The first-order valence-corrected chi connectivity index (χ1v) is 12.6. The number of carbonyl (C=O) groups is 1. The predicted octanol–water partition coefficient (Wildman–Crippen LogP) is 4.55. The zero-order chi connectivity index (χ0) is 23.4. The number of amides is 1. The highest BCUT2D eigenvalue weighted by Crippen LogP contribution is 2.34. The van der Waals surface area contributed by atoms with E-state index < -0.39 is 0 Å². The van der Waals surface area contributed by atoms with Gasteiger partial charge in [0.05, 0.1) is 13.2 Å². The number of benzene rings is 2. The second-order valence-corrected chi connectivity index (χ2v) is 10.2. The number of hydrogen-bond acceptors (Lipinski definition) is 4. The second kappa shape index (κ2) is 10.2. The maximum absolute atomic E-state index is 13.7. The Labute approximate surface area is 202 Å². The van der Waals surface area contributed by atoms with Crippen molar-refractivity contribution in [2.24, 2.45) is 11.3 Å². The summed E-state index contributed by atoms with van der Waals surface area (Å²) in [5.74, 6) is 0.598. The Morgan fingerprint density at radius 1 is 1.06 bits per heavy atom. The van der Waals surface area contributed by atoms with Gasteiger partial charge in [-0.15, -0.1) is 0 Å². The van der Waals surface area contributed by atoms with Crippen LogP contribution in [0, 0.1) is 11.3 Å². The molecule has 2 aromatic carbocycles. The molecule has 0 bridgehead atoms. The van der Waals surface area contributed by atoms with Gasteiger partial charge in [0.15, 0.2) is 0 Å². The van der Waals surface area contributed by atoms with Gasteiger partial charge in [-0.2, -0.15) is 0 Å². The van der Waals surface area contributed by atoms with Gasteiger partial charge < -0.3 is 9.64 Å². The number of carbonyl (C=O) groups excluding carboxylic acids is 1. The molecule has 2 aliphatic heterocycles. The molecule has 2 saturated heterocycles.